The number of nitrogens with zero attached hydrogens (tertiary/aromatic N) is 3. The standard InChI is InChI=1S/C57H45N5/c1-56(2)45-17-9-7-15-41(45)43-25-21-36(32-47(43)56)53-60-54(37-22-26-44-42-16-8-10-18-46(42)57(3,4)48(44)33-37)62-55(61-53)40-30-38(51-27-23-34-13-5-11-19-49(34)58-51)29-39(31-40)52-28-24-35-14-6-12-20-50(35)59-52/h5-33,49,55,58H,1-4H3,(H,60,61,62). The van der Waals surface area contributed by atoms with Gasteiger partial charge in [-0.2, -0.15) is 0 Å². The summed E-state index contributed by atoms with van der Waals surface area (Å²) in [6.07, 6.45) is 12.6. The first-order valence-corrected chi connectivity index (χ1v) is 21.7. The zero-order valence-corrected chi connectivity index (χ0v) is 35.2. The summed E-state index contributed by atoms with van der Waals surface area (Å²) >= 11 is 0. The molecule has 3 aliphatic carbocycles. The number of dihydropyridines is 1. The van der Waals surface area contributed by atoms with Gasteiger partial charge in [-0.1, -0.05) is 155 Å². The van der Waals surface area contributed by atoms with Gasteiger partial charge in [0.2, 0.25) is 0 Å². The summed E-state index contributed by atoms with van der Waals surface area (Å²) in [5.74, 6) is 1.51. The molecule has 0 bridgehead atoms. The van der Waals surface area contributed by atoms with E-state index in [-0.39, 0.29) is 16.9 Å². The van der Waals surface area contributed by atoms with E-state index in [0.29, 0.717) is 5.84 Å². The number of allylic oxidation sites excluding steroid dienone is 4. The van der Waals surface area contributed by atoms with E-state index in [1.165, 1.54) is 50.1 Å². The molecule has 0 radical (unpaired) electrons. The van der Waals surface area contributed by atoms with E-state index in [4.69, 9.17) is 15.0 Å². The number of pyridine rings is 1. The summed E-state index contributed by atoms with van der Waals surface area (Å²) in [4.78, 5) is 16.1. The number of fused-ring (bicyclic) bond motifs is 8. The first kappa shape index (κ1) is 36.5. The maximum atomic E-state index is 5.52. The summed E-state index contributed by atoms with van der Waals surface area (Å²) in [5, 5.41) is 8.79. The van der Waals surface area contributed by atoms with Crippen LogP contribution in [0.2, 0.25) is 0 Å². The van der Waals surface area contributed by atoms with Gasteiger partial charge in [-0.05, 0) is 110 Å². The average Bonchev–Trinajstić information content (AvgIpc) is 3.69. The van der Waals surface area contributed by atoms with E-state index in [0.717, 1.165) is 55.9 Å². The van der Waals surface area contributed by atoms with Gasteiger partial charge in [0.25, 0.3) is 0 Å². The molecule has 2 unspecified atom stereocenters. The minimum absolute atomic E-state index is 0.104. The molecule has 0 spiro atoms. The van der Waals surface area contributed by atoms with Crippen LogP contribution in [0.15, 0.2) is 192 Å². The van der Waals surface area contributed by atoms with Crippen molar-refractivity contribution in [1.82, 2.24) is 15.6 Å². The van der Waals surface area contributed by atoms with Crippen molar-refractivity contribution < 1.29 is 0 Å². The number of amidine groups is 2. The van der Waals surface area contributed by atoms with Gasteiger partial charge in [0, 0.05) is 38.6 Å². The van der Waals surface area contributed by atoms with Crippen molar-refractivity contribution in [3.8, 4) is 33.5 Å². The monoisotopic (exact) mass is 799 g/mol. The number of para-hydroxylation sites is 1. The lowest BCUT2D eigenvalue weighted by molar-refractivity contribution is 0.658. The lowest BCUT2D eigenvalue weighted by atomic mass is 9.82. The van der Waals surface area contributed by atoms with Crippen LogP contribution in [0.5, 0.6) is 0 Å². The van der Waals surface area contributed by atoms with E-state index in [1.54, 1.807) is 0 Å². The molecule has 2 N–H and O–H groups in total. The number of benzene rings is 6. The molecule has 12 rings (SSSR count). The quantitative estimate of drug-likeness (QED) is 0.182. The second-order valence-corrected chi connectivity index (χ2v) is 18.2. The number of aromatic nitrogens is 1. The number of nitrogens with one attached hydrogen (secondary N) is 2. The van der Waals surface area contributed by atoms with Gasteiger partial charge >= 0.3 is 0 Å². The maximum Gasteiger partial charge on any atom is 0.159 e. The van der Waals surface area contributed by atoms with Gasteiger partial charge < -0.3 is 10.6 Å². The molecular weight excluding hydrogens is 755 g/mol. The highest BCUT2D eigenvalue weighted by Crippen LogP contribution is 2.50. The summed E-state index contributed by atoms with van der Waals surface area (Å²) in [6, 6.07) is 50.7. The lowest BCUT2D eigenvalue weighted by Gasteiger charge is -2.28. The first-order chi connectivity index (χ1) is 30.2. The molecule has 62 heavy (non-hydrogen) atoms. The third kappa shape index (κ3) is 5.72. The van der Waals surface area contributed by atoms with Crippen molar-refractivity contribution in [3.05, 3.63) is 226 Å². The van der Waals surface area contributed by atoms with E-state index < -0.39 is 6.17 Å². The Labute approximate surface area is 362 Å². The molecule has 298 valence electrons. The van der Waals surface area contributed by atoms with Crippen LogP contribution < -0.4 is 10.6 Å². The van der Waals surface area contributed by atoms with Gasteiger partial charge in [-0.25, -0.2) is 15.0 Å². The predicted molar refractivity (Wildman–Crippen MR) is 255 cm³/mol. The van der Waals surface area contributed by atoms with Crippen molar-refractivity contribution >= 4 is 28.3 Å². The van der Waals surface area contributed by atoms with Crippen LogP contribution in [0.25, 0.3) is 50.1 Å². The van der Waals surface area contributed by atoms with Gasteiger partial charge in [0.05, 0.1) is 17.3 Å². The van der Waals surface area contributed by atoms with Crippen molar-refractivity contribution in [2.75, 3.05) is 0 Å². The molecule has 1 aromatic heterocycles. The van der Waals surface area contributed by atoms with Crippen molar-refractivity contribution in [2.24, 2.45) is 9.98 Å². The van der Waals surface area contributed by atoms with Crippen LogP contribution >= 0.6 is 0 Å². The van der Waals surface area contributed by atoms with Crippen LogP contribution in [0.3, 0.4) is 0 Å². The Morgan fingerprint density at radius 1 is 0.532 bits per heavy atom. The fourth-order valence-electron chi connectivity index (χ4n) is 10.4. The minimum atomic E-state index is -0.443. The number of hydrogen-bond acceptors (Lipinski definition) is 5. The van der Waals surface area contributed by atoms with Crippen molar-refractivity contribution in [3.63, 3.8) is 0 Å². The zero-order chi connectivity index (χ0) is 41.7. The number of hydrogen-bond donors (Lipinski definition) is 2. The highest BCUT2D eigenvalue weighted by Gasteiger charge is 2.37. The summed E-state index contributed by atoms with van der Waals surface area (Å²) < 4.78 is 0. The van der Waals surface area contributed by atoms with E-state index in [9.17, 15) is 0 Å². The Balaban J connectivity index is 1.02. The molecule has 6 aromatic carbocycles. The minimum Gasteiger partial charge on any atom is -0.374 e. The van der Waals surface area contributed by atoms with Crippen LogP contribution in [0.1, 0.15) is 78.4 Å². The number of rotatable bonds is 5. The second-order valence-electron chi connectivity index (χ2n) is 18.2. The Kier molecular flexibility index (Phi) is 7.98. The third-order valence-corrected chi connectivity index (χ3v) is 13.7. The molecular formula is C57H45N5. The Morgan fingerprint density at radius 3 is 1.97 bits per heavy atom. The van der Waals surface area contributed by atoms with E-state index in [1.807, 2.05) is 6.07 Å². The number of aliphatic imine (C=N–C) groups is 2. The highest BCUT2D eigenvalue weighted by molar-refractivity contribution is 6.13. The van der Waals surface area contributed by atoms with Gasteiger partial charge in [0.15, 0.2) is 5.84 Å². The fraction of sp³-hybridized carbons (Fsp3) is 0.140. The molecule has 0 saturated carbocycles. The predicted octanol–water partition coefficient (Wildman–Crippen LogP) is 12.4. The average molecular weight is 800 g/mol. The molecule has 2 atom stereocenters. The van der Waals surface area contributed by atoms with Crippen molar-refractivity contribution in [2.45, 2.75) is 50.7 Å². The van der Waals surface area contributed by atoms with Crippen LogP contribution in [-0.2, 0) is 10.8 Å². The zero-order valence-electron chi connectivity index (χ0n) is 35.2. The maximum absolute atomic E-state index is 5.52. The smallest absolute Gasteiger partial charge is 0.159 e. The van der Waals surface area contributed by atoms with Crippen LogP contribution in [-0.4, -0.2) is 22.7 Å². The fourth-order valence-corrected chi connectivity index (χ4v) is 10.4. The molecule has 3 heterocycles. The molecule has 5 aliphatic rings. The van der Waals surface area contributed by atoms with Gasteiger partial charge in [0.1, 0.15) is 12.0 Å². The molecule has 5 nitrogen and oxygen atoms in total. The van der Waals surface area contributed by atoms with E-state index in [2.05, 4.69) is 208 Å². The Morgan fingerprint density at radius 2 is 1.19 bits per heavy atom. The van der Waals surface area contributed by atoms with Gasteiger partial charge in [-0.3, -0.25) is 0 Å². The van der Waals surface area contributed by atoms with E-state index >= 15 is 0 Å². The molecule has 0 amide bonds. The molecule has 2 aliphatic heterocycles. The summed E-state index contributed by atoms with van der Waals surface area (Å²) in [7, 11) is 0. The van der Waals surface area contributed by atoms with Crippen LogP contribution in [0.4, 0.5) is 0 Å². The molecule has 0 fully saturated rings. The molecule has 7 aromatic rings. The Bertz CT molecular complexity index is 3260. The normalized spacial score (nSPS) is 19.4. The summed E-state index contributed by atoms with van der Waals surface area (Å²) in [5.41, 5.74) is 19.5. The SMILES string of the molecule is CC1(C)c2ccccc2-c2ccc(C3=NC(c4cc(C5=CC=C6C=CC=CC6N5)cc(-c5ccc6ccccc6n5)c4)NC(c4ccc5c(c4)C(C)(C)c4ccccc4-5)=N3)cc21. The highest BCUT2D eigenvalue weighted by atomic mass is 15.2. The molecule has 5 heteroatoms. The second kappa shape index (κ2) is 13.6. The molecule has 0 saturated heterocycles. The first-order valence-electron chi connectivity index (χ1n) is 21.7. The topological polar surface area (TPSA) is 61.7 Å². The third-order valence-electron chi connectivity index (χ3n) is 13.7. The summed E-state index contributed by atoms with van der Waals surface area (Å²) in [6.45, 7) is 9.31. The van der Waals surface area contributed by atoms with Crippen molar-refractivity contribution in [1.29, 1.82) is 0 Å². The Hall–Kier alpha value is -7.37. The lowest BCUT2D eigenvalue weighted by Crippen LogP contribution is -2.34. The largest absolute Gasteiger partial charge is 0.374 e. The van der Waals surface area contributed by atoms with Gasteiger partial charge in [-0.15, -0.1) is 0 Å². The van der Waals surface area contributed by atoms with Crippen LogP contribution in [0, 0.1) is 0 Å².